The molecule has 160 valence electrons. The Bertz CT molecular complexity index is 1310. The minimum atomic E-state index is -0.103. The van der Waals surface area contributed by atoms with Gasteiger partial charge in [-0.2, -0.15) is 0 Å². The molecule has 4 aromatic rings. The summed E-state index contributed by atoms with van der Waals surface area (Å²) in [5, 5.41) is 3.05. The summed E-state index contributed by atoms with van der Waals surface area (Å²) in [5.41, 5.74) is 3.58. The van der Waals surface area contributed by atoms with Crippen molar-refractivity contribution in [3.8, 4) is 5.75 Å². The van der Waals surface area contributed by atoms with E-state index in [1.54, 1.807) is 23.6 Å². The number of ether oxygens (including phenoxy) is 1. The van der Waals surface area contributed by atoms with Gasteiger partial charge in [-0.1, -0.05) is 12.1 Å². The van der Waals surface area contributed by atoms with Crippen molar-refractivity contribution in [3.63, 3.8) is 0 Å². The maximum Gasteiger partial charge on any atom is 0.275 e. The topological polar surface area (TPSA) is 68.0 Å². The molecule has 0 saturated carbocycles. The van der Waals surface area contributed by atoms with Crippen molar-refractivity contribution in [2.45, 2.75) is 6.54 Å². The number of amides is 1. The average Bonchev–Trinajstić information content (AvgIpc) is 3.30. The van der Waals surface area contributed by atoms with Crippen molar-refractivity contribution in [2.75, 3.05) is 34.3 Å². The number of hydrogen-bond acceptors (Lipinski definition) is 4. The fraction of sp³-hybridized carbons (Fsp3) is 0.250. The Morgan fingerprint density at radius 3 is 2.68 bits per heavy atom. The summed E-state index contributed by atoms with van der Waals surface area (Å²) in [7, 11) is 5.26. The Morgan fingerprint density at radius 2 is 1.90 bits per heavy atom. The molecule has 2 aromatic carbocycles. The third kappa shape index (κ3) is 3.92. The SMILES string of the molecule is CNCCN(C)C(=O)c1ccc2c(c1)n(Cc1cccc(OC)c1)c(=O)c1cccn12. The molecule has 2 aromatic heterocycles. The minimum Gasteiger partial charge on any atom is -0.497 e. The first-order chi connectivity index (χ1) is 15.0. The van der Waals surface area contributed by atoms with Gasteiger partial charge in [0.2, 0.25) is 0 Å². The maximum atomic E-state index is 13.3. The number of benzene rings is 2. The van der Waals surface area contributed by atoms with Gasteiger partial charge in [0, 0.05) is 31.9 Å². The van der Waals surface area contributed by atoms with Gasteiger partial charge in [-0.25, -0.2) is 0 Å². The zero-order valence-electron chi connectivity index (χ0n) is 18.0. The number of aromatic nitrogens is 2. The van der Waals surface area contributed by atoms with Crippen molar-refractivity contribution in [3.05, 3.63) is 82.3 Å². The highest BCUT2D eigenvalue weighted by molar-refractivity contribution is 5.97. The van der Waals surface area contributed by atoms with Crippen LogP contribution in [0.3, 0.4) is 0 Å². The number of carbonyl (C=O) groups is 1. The van der Waals surface area contributed by atoms with Crippen LogP contribution in [0, 0.1) is 0 Å². The van der Waals surface area contributed by atoms with Crippen LogP contribution in [0.1, 0.15) is 15.9 Å². The van der Waals surface area contributed by atoms with E-state index in [4.69, 9.17) is 4.74 Å². The molecule has 1 N–H and O–H groups in total. The molecule has 7 nitrogen and oxygen atoms in total. The second-order valence-corrected chi connectivity index (χ2v) is 7.54. The van der Waals surface area contributed by atoms with Gasteiger partial charge in [-0.3, -0.25) is 9.59 Å². The lowest BCUT2D eigenvalue weighted by Crippen LogP contribution is -2.33. The molecule has 0 atom stereocenters. The molecule has 7 heteroatoms. The first-order valence-electron chi connectivity index (χ1n) is 10.2. The molecule has 4 rings (SSSR count). The van der Waals surface area contributed by atoms with Gasteiger partial charge in [0.05, 0.1) is 24.7 Å². The summed E-state index contributed by atoms with van der Waals surface area (Å²) in [4.78, 5) is 27.9. The van der Waals surface area contributed by atoms with Crippen LogP contribution in [0.5, 0.6) is 5.75 Å². The van der Waals surface area contributed by atoms with Gasteiger partial charge < -0.3 is 23.9 Å². The number of fused-ring (bicyclic) bond motifs is 3. The smallest absolute Gasteiger partial charge is 0.275 e. The van der Waals surface area contributed by atoms with E-state index in [1.807, 2.05) is 72.2 Å². The van der Waals surface area contributed by atoms with Crippen LogP contribution >= 0.6 is 0 Å². The molecule has 0 fully saturated rings. The summed E-state index contributed by atoms with van der Waals surface area (Å²) in [6.45, 7) is 1.68. The predicted molar refractivity (Wildman–Crippen MR) is 122 cm³/mol. The molecule has 1 amide bonds. The molecular formula is C24H26N4O3. The quantitative estimate of drug-likeness (QED) is 0.501. The van der Waals surface area contributed by atoms with E-state index in [1.165, 1.54) is 0 Å². The van der Waals surface area contributed by atoms with E-state index >= 15 is 0 Å². The van der Waals surface area contributed by atoms with Crippen molar-refractivity contribution >= 4 is 22.5 Å². The van der Waals surface area contributed by atoms with Crippen LogP contribution in [0.25, 0.3) is 16.6 Å². The molecule has 0 aliphatic rings. The predicted octanol–water partition coefficient (Wildman–Crippen LogP) is 2.60. The Hall–Kier alpha value is -3.58. The highest BCUT2D eigenvalue weighted by Crippen LogP contribution is 2.20. The second kappa shape index (κ2) is 8.65. The highest BCUT2D eigenvalue weighted by atomic mass is 16.5. The van der Waals surface area contributed by atoms with Crippen LogP contribution in [-0.2, 0) is 6.54 Å². The normalized spacial score (nSPS) is 11.2. The van der Waals surface area contributed by atoms with Crippen molar-refractivity contribution in [2.24, 2.45) is 0 Å². The number of methoxy groups -OCH3 is 1. The van der Waals surface area contributed by atoms with Gasteiger partial charge >= 0.3 is 0 Å². The number of hydrogen-bond donors (Lipinski definition) is 1. The number of likely N-dealkylation sites (N-methyl/N-ethyl adjacent to an activating group) is 2. The number of nitrogens with one attached hydrogen (secondary N) is 1. The van der Waals surface area contributed by atoms with Crippen molar-refractivity contribution in [1.82, 2.24) is 19.2 Å². The summed E-state index contributed by atoms with van der Waals surface area (Å²) >= 11 is 0. The minimum absolute atomic E-state index is 0.0786. The summed E-state index contributed by atoms with van der Waals surface area (Å²) in [6, 6.07) is 16.9. The van der Waals surface area contributed by atoms with Gasteiger partial charge in [0.15, 0.2) is 0 Å². The highest BCUT2D eigenvalue weighted by Gasteiger charge is 2.16. The summed E-state index contributed by atoms with van der Waals surface area (Å²) in [5.74, 6) is 0.658. The van der Waals surface area contributed by atoms with Gasteiger partial charge in [-0.05, 0) is 55.1 Å². The van der Waals surface area contributed by atoms with E-state index in [0.717, 1.165) is 16.8 Å². The van der Waals surface area contributed by atoms with Crippen LogP contribution < -0.4 is 15.6 Å². The van der Waals surface area contributed by atoms with E-state index in [2.05, 4.69) is 5.32 Å². The van der Waals surface area contributed by atoms with Crippen LogP contribution in [0.2, 0.25) is 0 Å². The van der Waals surface area contributed by atoms with E-state index in [-0.39, 0.29) is 11.5 Å². The monoisotopic (exact) mass is 418 g/mol. The number of nitrogens with zero attached hydrogens (tertiary/aromatic N) is 3. The molecule has 0 bridgehead atoms. The van der Waals surface area contributed by atoms with Gasteiger partial charge in [-0.15, -0.1) is 0 Å². The Kier molecular flexibility index (Phi) is 5.77. The second-order valence-electron chi connectivity index (χ2n) is 7.54. The molecule has 0 unspecified atom stereocenters. The van der Waals surface area contributed by atoms with E-state index in [0.29, 0.717) is 36.2 Å². The molecule has 0 spiro atoms. The number of carbonyl (C=O) groups excluding carboxylic acids is 1. The molecule has 0 saturated heterocycles. The fourth-order valence-corrected chi connectivity index (χ4v) is 3.80. The number of rotatable bonds is 7. The molecular weight excluding hydrogens is 392 g/mol. The fourth-order valence-electron chi connectivity index (χ4n) is 3.80. The van der Waals surface area contributed by atoms with Crippen LogP contribution in [0.15, 0.2) is 65.6 Å². The Labute approximate surface area is 180 Å². The summed E-state index contributed by atoms with van der Waals surface area (Å²) in [6.07, 6.45) is 1.87. The first kappa shape index (κ1) is 20.7. The lowest BCUT2D eigenvalue weighted by molar-refractivity contribution is 0.0797. The molecule has 2 heterocycles. The molecule has 0 radical (unpaired) electrons. The van der Waals surface area contributed by atoms with E-state index < -0.39 is 0 Å². The standard InChI is InChI=1S/C24H26N4O3/c1-25-11-13-26(2)23(29)18-9-10-20-22(15-18)28(24(30)21-8-5-12-27(20)21)16-17-6-4-7-19(14-17)31-3/h4-10,12,14-15,25H,11,13,16H2,1-3H3. The third-order valence-corrected chi connectivity index (χ3v) is 5.50. The zero-order valence-corrected chi connectivity index (χ0v) is 18.0. The Morgan fingerprint density at radius 1 is 1.06 bits per heavy atom. The third-order valence-electron chi connectivity index (χ3n) is 5.50. The first-order valence-corrected chi connectivity index (χ1v) is 10.2. The lowest BCUT2D eigenvalue weighted by atomic mass is 10.1. The maximum absolute atomic E-state index is 13.3. The van der Waals surface area contributed by atoms with Crippen LogP contribution in [0.4, 0.5) is 0 Å². The summed E-state index contributed by atoms with van der Waals surface area (Å²) < 4.78 is 8.93. The average molecular weight is 418 g/mol. The molecule has 31 heavy (non-hydrogen) atoms. The zero-order chi connectivity index (χ0) is 22.0. The van der Waals surface area contributed by atoms with Crippen molar-refractivity contribution in [1.29, 1.82) is 0 Å². The largest absolute Gasteiger partial charge is 0.497 e. The van der Waals surface area contributed by atoms with Crippen LogP contribution in [-0.4, -0.2) is 54.1 Å². The molecule has 0 aliphatic carbocycles. The molecule has 0 aliphatic heterocycles. The Balaban J connectivity index is 1.86. The van der Waals surface area contributed by atoms with Gasteiger partial charge in [0.1, 0.15) is 11.3 Å². The van der Waals surface area contributed by atoms with Crippen molar-refractivity contribution < 1.29 is 9.53 Å². The lowest BCUT2D eigenvalue weighted by Gasteiger charge is -2.18. The van der Waals surface area contributed by atoms with E-state index in [9.17, 15) is 9.59 Å². The van der Waals surface area contributed by atoms with Gasteiger partial charge in [0.25, 0.3) is 11.5 Å².